The first-order valence-corrected chi connectivity index (χ1v) is 5.37. The van der Waals surface area contributed by atoms with Crippen LogP contribution in [0.1, 0.15) is 18.0 Å². The van der Waals surface area contributed by atoms with E-state index >= 15 is 0 Å². The molecule has 0 radical (unpaired) electrons. The number of nitrogens with two attached hydrogens (primary N) is 2. The highest BCUT2D eigenvalue weighted by Gasteiger charge is 2.14. The van der Waals surface area contributed by atoms with Gasteiger partial charge in [-0.1, -0.05) is 6.07 Å². The van der Waals surface area contributed by atoms with Crippen LogP contribution in [-0.4, -0.2) is 22.9 Å². The van der Waals surface area contributed by atoms with Crippen LogP contribution in [0, 0.1) is 0 Å². The molecule has 18 heavy (non-hydrogen) atoms. The topological polar surface area (TPSA) is 118 Å². The maximum atomic E-state index is 11.4. The molecule has 7 heteroatoms. The number of amides is 1. The molecule has 0 fully saturated rings. The Morgan fingerprint density at radius 2 is 2.28 bits per heavy atom. The van der Waals surface area contributed by atoms with Crippen LogP contribution in [0.5, 0.6) is 0 Å². The zero-order chi connectivity index (χ0) is 13.3. The van der Waals surface area contributed by atoms with Crippen molar-refractivity contribution in [3.63, 3.8) is 0 Å². The summed E-state index contributed by atoms with van der Waals surface area (Å²) in [5.74, 6) is 4.54. The summed E-state index contributed by atoms with van der Waals surface area (Å²) in [6.07, 6.45) is 0.0978. The first-order chi connectivity index (χ1) is 8.47. The molecular formula is C11H14N4O3. The lowest BCUT2D eigenvalue weighted by atomic mass is 10.0. The molecule has 0 spiro atoms. The number of rotatable bonds is 3. The van der Waals surface area contributed by atoms with Gasteiger partial charge in [0.2, 0.25) is 5.91 Å². The van der Waals surface area contributed by atoms with Crippen molar-refractivity contribution in [2.75, 3.05) is 7.05 Å². The second-order valence-corrected chi connectivity index (χ2v) is 4.09. The predicted octanol–water partition coefficient (Wildman–Crippen LogP) is -0.157. The van der Waals surface area contributed by atoms with Gasteiger partial charge >= 0.3 is 5.76 Å². The second kappa shape index (κ2) is 4.63. The van der Waals surface area contributed by atoms with Crippen LogP contribution in [-0.2, 0) is 4.79 Å². The summed E-state index contributed by atoms with van der Waals surface area (Å²) in [6.45, 7) is 0. The molecule has 1 unspecified atom stereocenters. The van der Waals surface area contributed by atoms with Gasteiger partial charge in [0.1, 0.15) is 0 Å². The van der Waals surface area contributed by atoms with Crippen LogP contribution >= 0.6 is 0 Å². The van der Waals surface area contributed by atoms with Crippen molar-refractivity contribution in [3.05, 3.63) is 34.3 Å². The van der Waals surface area contributed by atoms with Crippen LogP contribution in [0.2, 0.25) is 0 Å². The fourth-order valence-corrected chi connectivity index (χ4v) is 1.65. The van der Waals surface area contributed by atoms with E-state index in [0.717, 1.165) is 10.6 Å². The quantitative estimate of drug-likeness (QED) is 0.397. The Kier molecular flexibility index (Phi) is 3.17. The van der Waals surface area contributed by atoms with Crippen LogP contribution in [0.15, 0.2) is 27.4 Å². The lowest BCUT2D eigenvalue weighted by Gasteiger charge is -2.15. The molecule has 96 valence electrons. The van der Waals surface area contributed by atoms with Crippen molar-refractivity contribution in [1.82, 2.24) is 9.99 Å². The van der Waals surface area contributed by atoms with Crippen LogP contribution < -0.4 is 17.3 Å². The largest absolute Gasteiger partial charge is 0.417 e. The number of H-pyrrole nitrogens is 1. The van der Waals surface area contributed by atoms with E-state index < -0.39 is 11.8 Å². The number of benzene rings is 1. The van der Waals surface area contributed by atoms with E-state index in [9.17, 15) is 9.59 Å². The minimum Gasteiger partial charge on any atom is -0.408 e. The summed E-state index contributed by atoms with van der Waals surface area (Å²) in [5, 5.41) is 0.998. The summed E-state index contributed by atoms with van der Waals surface area (Å²) in [6, 6.07) is 4.56. The highest BCUT2D eigenvalue weighted by molar-refractivity contribution is 5.77. The lowest BCUT2D eigenvalue weighted by Crippen LogP contribution is -2.35. The summed E-state index contributed by atoms with van der Waals surface area (Å²) in [7, 11) is 1.46. The predicted molar refractivity (Wildman–Crippen MR) is 65.3 cm³/mol. The first kappa shape index (κ1) is 12.3. The van der Waals surface area contributed by atoms with Crippen molar-refractivity contribution < 1.29 is 9.21 Å². The summed E-state index contributed by atoms with van der Waals surface area (Å²) in [5.41, 5.74) is 7.65. The van der Waals surface area contributed by atoms with Gasteiger partial charge in [-0.15, -0.1) is 0 Å². The van der Waals surface area contributed by atoms with Gasteiger partial charge < -0.3 is 10.2 Å². The molecule has 5 N–H and O–H groups in total. The average molecular weight is 250 g/mol. The number of hydrazine groups is 1. The minimum atomic E-state index is -0.520. The van der Waals surface area contributed by atoms with Crippen molar-refractivity contribution >= 4 is 17.0 Å². The summed E-state index contributed by atoms with van der Waals surface area (Å²) in [4.78, 5) is 25.0. The highest BCUT2D eigenvalue weighted by atomic mass is 16.4. The number of hydrogen-bond donors (Lipinski definition) is 3. The van der Waals surface area contributed by atoms with Gasteiger partial charge in [-0.05, 0) is 17.7 Å². The number of hydrogen-bond acceptors (Lipinski definition) is 5. The summed E-state index contributed by atoms with van der Waals surface area (Å²) >= 11 is 0. The van der Waals surface area contributed by atoms with E-state index in [2.05, 4.69) is 4.98 Å². The number of oxazole rings is 1. The monoisotopic (exact) mass is 250 g/mol. The van der Waals surface area contributed by atoms with E-state index in [1.165, 1.54) is 7.05 Å². The molecule has 1 atom stereocenters. The Bertz CT molecular complexity index is 628. The fraction of sp³-hybridized carbons (Fsp3) is 0.273. The van der Waals surface area contributed by atoms with Crippen LogP contribution in [0.4, 0.5) is 0 Å². The Balaban J connectivity index is 2.24. The first-order valence-electron chi connectivity index (χ1n) is 5.37. The molecule has 0 aliphatic heterocycles. The second-order valence-electron chi connectivity index (χ2n) is 4.09. The van der Waals surface area contributed by atoms with Gasteiger partial charge in [0.25, 0.3) is 0 Å². The van der Waals surface area contributed by atoms with E-state index in [4.69, 9.17) is 16.0 Å². The zero-order valence-corrected chi connectivity index (χ0v) is 9.84. The molecule has 0 saturated heterocycles. The van der Waals surface area contributed by atoms with Crippen LogP contribution in [0.3, 0.4) is 0 Å². The standard InChI is InChI=1S/C11H14N4O3/c1-15(13)10(16)5-7(12)6-2-3-9-8(4-6)14-11(17)18-9/h2-4,7H,5,12-13H2,1H3,(H,14,17). The average Bonchev–Trinajstić information content (AvgIpc) is 2.67. The SMILES string of the molecule is CN(N)C(=O)CC(N)c1ccc2oc(=O)[nH]c2c1. The van der Waals surface area contributed by atoms with Gasteiger partial charge in [-0.2, -0.15) is 0 Å². The van der Waals surface area contributed by atoms with Crippen molar-refractivity contribution in [2.45, 2.75) is 12.5 Å². The Morgan fingerprint density at radius 3 is 2.94 bits per heavy atom. The number of nitrogens with zero attached hydrogens (tertiary/aromatic N) is 1. The zero-order valence-electron chi connectivity index (χ0n) is 9.84. The van der Waals surface area contributed by atoms with Gasteiger partial charge in [-0.25, -0.2) is 10.6 Å². The highest BCUT2D eigenvalue weighted by Crippen LogP contribution is 2.19. The molecule has 1 amide bonds. The van der Waals surface area contributed by atoms with Crippen molar-refractivity contribution in [1.29, 1.82) is 0 Å². The molecule has 2 rings (SSSR count). The summed E-state index contributed by atoms with van der Waals surface area (Å²) < 4.78 is 4.87. The molecule has 0 aliphatic rings. The minimum absolute atomic E-state index is 0.0978. The van der Waals surface area contributed by atoms with Crippen molar-refractivity contribution in [2.24, 2.45) is 11.6 Å². The molecule has 0 saturated carbocycles. The van der Waals surface area contributed by atoms with Crippen LogP contribution in [0.25, 0.3) is 11.1 Å². The Labute approximate surface area is 102 Å². The molecule has 1 heterocycles. The number of nitrogens with one attached hydrogen (secondary N) is 1. The normalized spacial score (nSPS) is 12.6. The molecular weight excluding hydrogens is 236 g/mol. The molecule has 1 aromatic carbocycles. The maximum Gasteiger partial charge on any atom is 0.417 e. The van der Waals surface area contributed by atoms with Gasteiger partial charge in [0, 0.05) is 19.5 Å². The number of fused-ring (bicyclic) bond motifs is 1. The third-order valence-electron chi connectivity index (χ3n) is 2.66. The maximum absolute atomic E-state index is 11.4. The molecule has 7 nitrogen and oxygen atoms in total. The fourth-order valence-electron chi connectivity index (χ4n) is 1.65. The van der Waals surface area contributed by atoms with E-state index in [-0.39, 0.29) is 12.3 Å². The third kappa shape index (κ3) is 2.41. The van der Waals surface area contributed by atoms with E-state index in [1.54, 1.807) is 18.2 Å². The molecule has 2 aromatic rings. The molecule has 0 bridgehead atoms. The van der Waals surface area contributed by atoms with Crippen molar-refractivity contribution in [3.8, 4) is 0 Å². The number of aromatic amines is 1. The Morgan fingerprint density at radius 1 is 1.56 bits per heavy atom. The lowest BCUT2D eigenvalue weighted by molar-refractivity contribution is -0.130. The number of carbonyl (C=O) groups excluding carboxylic acids is 1. The molecule has 1 aromatic heterocycles. The molecule has 0 aliphatic carbocycles. The van der Waals surface area contributed by atoms with E-state index in [0.29, 0.717) is 11.1 Å². The number of aromatic nitrogens is 1. The Hall–Kier alpha value is -2.12. The third-order valence-corrected chi connectivity index (χ3v) is 2.66. The van der Waals surface area contributed by atoms with E-state index in [1.807, 2.05) is 0 Å². The smallest absolute Gasteiger partial charge is 0.408 e. The van der Waals surface area contributed by atoms with Gasteiger partial charge in [-0.3, -0.25) is 14.8 Å². The van der Waals surface area contributed by atoms with Gasteiger partial charge in [0.15, 0.2) is 5.58 Å². The van der Waals surface area contributed by atoms with Gasteiger partial charge in [0.05, 0.1) is 5.52 Å². The number of carbonyl (C=O) groups is 1.